The van der Waals surface area contributed by atoms with Gasteiger partial charge in [-0.1, -0.05) is 6.92 Å². The zero-order valence-electron chi connectivity index (χ0n) is 20.1. The molecule has 0 atom stereocenters. The van der Waals surface area contributed by atoms with Gasteiger partial charge in [-0.2, -0.15) is 0 Å². The summed E-state index contributed by atoms with van der Waals surface area (Å²) in [5.41, 5.74) is 3.57. The SMILES string of the molecule is CCSn1c2c(c3cc(C(=O)N4CCC(CO)CC4)ccc31)CN(C(=O)OC(C)(C)C)CC2. The Morgan fingerprint density at radius 2 is 1.88 bits per heavy atom. The first kappa shape index (κ1) is 24.0. The highest BCUT2D eigenvalue weighted by atomic mass is 32.2. The maximum atomic E-state index is 13.2. The van der Waals surface area contributed by atoms with Crippen LogP contribution >= 0.6 is 11.9 Å². The van der Waals surface area contributed by atoms with Gasteiger partial charge in [0.1, 0.15) is 5.60 Å². The van der Waals surface area contributed by atoms with E-state index >= 15 is 0 Å². The zero-order valence-corrected chi connectivity index (χ0v) is 20.9. The molecule has 0 bridgehead atoms. The highest BCUT2D eigenvalue weighted by molar-refractivity contribution is 7.98. The number of aromatic nitrogens is 1. The lowest BCUT2D eigenvalue weighted by atomic mass is 9.97. The van der Waals surface area contributed by atoms with E-state index in [9.17, 15) is 14.7 Å². The molecular formula is C25H35N3O4S. The van der Waals surface area contributed by atoms with E-state index in [0.717, 1.165) is 41.5 Å². The van der Waals surface area contributed by atoms with Gasteiger partial charge in [0, 0.05) is 60.6 Å². The van der Waals surface area contributed by atoms with E-state index in [1.807, 2.05) is 43.9 Å². The van der Waals surface area contributed by atoms with E-state index in [1.165, 1.54) is 5.69 Å². The highest BCUT2D eigenvalue weighted by Gasteiger charge is 2.30. The van der Waals surface area contributed by atoms with Crippen LogP contribution in [0.3, 0.4) is 0 Å². The molecule has 1 N–H and O–H groups in total. The molecule has 180 valence electrons. The molecule has 1 aromatic heterocycles. The Kier molecular flexibility index (Phi) is 6.96. The molecule has 0 radical (unpaired) electrons. The lowest BCUT2D eigenvalue weighted by Crippen LogP contribution is -2.40. The molecule has 3 heterocycles. The lowest BCUT2D eigenvalue weighted by molar-refractivity contribution is 0.0224. The number of benzene rings is 1. The van der Waals surface area contributed by atoms with Crippen molar-refractivity contribution in [2.45, 2.75) is 59.1 Å². The van der Waals surface area contributed by atoms with Crippen LogP contribution in [0.5, 0.6) is 0 Å². The second kappa shape index (κ2) is 9.58. The zero-order chi connectivity index (χ0) is 23.8. The van der Waals surface area contributed by atoms with Crippen molar-refractivity contribution in [2.24, 2.45) is 5.92 Å². The number of aliphatic hydroxyl groups is 1. The van der Waals surface area contributed by atoms with Crippen LogP contribution in [0.15, 0.2) is 18.2 Å². The maximum Gasteiger partial charge on any atom is 0.410 e. The van der Waals surface area contributed by atoms with Crippen LogP contribution in [0.1, 0.15) is 62.2 Å². The van der Waals surface area contributed by atoms with Gasteiger partial charge in [0.2, 0.25) is 0 Å². The first-order chi connectivity index (χ1) is 15.7. The number of hydrogen-bond acceptors (Lipinski definition) is 5. The summed E-state index contributed by atoms with van der Waals surface area (Å²) < 4.78 is 7.89. The number of ether oxygens (including phenoxy) is 1. The number of carbonyl (C=O) groups excluding carboxylic acids is 2. The van der Waals surface area contributed by atoms with Crippen molar-refractivity contribution >= 4 is 34.9 Å². The van der Waals surface area contributed by atoms with E-state index in [0.29, 0.717) is 37.7 Å². The summed E-state index contributed by atoms with van der Waals surface area (Å²) in [4.78, 5) is 29.6. The van der Waals surface area contributed by atoms with Gasteiger partial charge in [0.25, 0.3) is 5.91 Å². The molecule has 2 amide bonds. The number of carbonyl (C=O) groups is 2. The van der Waals surface area contributed by atoms with Crippen LogP contribution in [-0.4, -0.2) is 68.5 Å². The van der Waals surface area contributed by atoms with Crippen LogP contribution in [0.2, 0.25) is 0 Å². The van der Waals surface area contributed by atoms with Gasteiger partial charge in [-0.05, 0) is 69.7 Å². The first-order valence-corrected chi connectivity index (χ1v) is 12.8. The Morgan fingerprint density at radius 1 is 1.15 bits per heavy atom. The number of nitrogens with zero attached hydrogens (tertiary/aromatic N) is 3. The number of aliphatic hydroxyl groups excluding tert-OH is 1. The Hall–Kier alpha value is -2.19. The fourth-order valence-corrected chi connectivity index (χ4v) is 5.62. The molecule has 33 heavy (non-hydrogen) atoms. The monoisotopic (exact) mass is 473 g/mol. The predicted octanol–water partition coefficient (Wildman–Crippen LogP) is 4.30. The molecule has 0 aliphatic carbocycles. The molecular weight excluding hydrogens is 438 g/mol. The second-order valence-corrected chi connectivity index (χ2v) is 11.1. The normalized spacial score (nSPS) is 17.4. The summed E-state index contributed by atoms with van der Waals surface area (Å²) in [5, 5.41) is 10.4. The number of amides is 2. The maximum absolute atomic E-state index is 13.2. The van der Waals surface area contributed by atoms with Crippen LogP contribution < -0.4 is 0 Å². The molecule has 0 saturated carbocycles. The van der Waals surface area contributed by atoms with Gasteiger partial charge in [-0.15, -0.1) is 0 Å². The molecule has 8 heteroatoms. The van der Waals surface area contributed by atoms with E-state index in [4.69, 9.17) is 4.74 Å². The summed E-state index contributed by atoms with van der Waals surface area (Å²) >= 11 is 1.75. The number of fused-ring (bicyclic) bond motifs is 3. The second-order valence-electron chi connectivity index (χ2n) is 9.94. The smallest absolute Gasteiger partial charge is 0.410 e. The van der Waals surface area contributed by atoms with E-state index < -0.39 is 5.60 Å². The van der Waals surface area contributed by atoms with Gasteiger partial charge in [0.15, 0.2) is 0 Å². The van der Waals surface area contributed by atoms with Crippen molar-refractivity contribution in [2.75, 3.05) is 32.0 Å². The standard InChI is InChI=1S/C25H35N3O4S/c1-5-33-28-21-7-6-18(23(30)26-11-8-17(16-29)9-12-26)14-19(21)20-15-27(13-10-22(20)28)24(31)32-25(2,3)4/h6-7,14,17,29H,5,8-13,15-16H2,1-4H3. The van der Waals surface area contributed by atoms with Crippen molar-refractivity contribution < 1.29 is 19.4 Å². The molecule has 7 nitrogen and oxygen atoms in total. The van der Waals surface area contributed by atoms with Crippen molar-refractivity contribution in [3.63, 3.8) is 0 Å². The van der Waals surface area contributed by atoms with Crippen molar-refractivity contribution in [1.82, 2.24) is 13.8 Å². The van der Waals surface area contributed by atoms with E-state index in [1.54, 1.807) is 16.8 Å². The molecule has 0 unspecified atom stereocenters. The molecule has 1 aromatic carbocycles. The largest absolute Gasteiger partial charge is 0.444 e. The minimum Gasteiger partial charge on any atom is -0.444 e. The number of hydrogen-bond donors (Lipinski definition) is 1. The molecule has 1 fully saturated rings. The van der Waals surface area contributed by atoms with Crippen LogP contribution in [0.25, 0.3) is 10.9 Å². The topological polar surface area (TPSA) is 75.0 Å². The van der Waals surface area contributed by atoms with Crippen molar-refractivity contribution in [3.05, 3.63) is 35.0 Å². The van der Waals surface area contributed by atoms with E-state index in [-0.39, 0.29) is 18.6 Å². The minimum atomic E-state index is -0.535. The van der Waals surface area contributed by atoms with Crippen LogP contribution in [0.4, 0.5) is 4.79 Å². The molecule has 0 spiro atoms. The number of likely N-dealkylation sites (tertiary alicyclic amines) is 1. The summed E-state index contributed by atoms with van der Waals surface area (Å²) in [7, 11) is 0. The third-order valence-electron chi connectivity index (χ3n) is 6.42. The fourth-order valence-electron chi connectivity index (χ4n) is 4.71. The molecule has 2 aliphatic rings. The Balaban J connectivity index is 1.65. The third kappa shape index (κ3) is 5.01. The third-order valence-corrected chi connectivity index (χ3v) is 7.35. The average Bonchev–Trinajstić information content (AvgIpc) is 3.10. The molecule has 1 saturated heterocycles. The molecule has 2 aliphatic heterocycles. The van der Waals surface area contributed by atoms with Crippen LogP contribution in [0, 0.1) is 5.92 Å². The van der Waals surface area contributed by atoms with Gasteiger partial charge in [-0.25, -0.2) is 4.79 Å². The van der Waals surface area contributed by atoms with Gasteiger partial charge in [0.05, 0.1) is 12.1 Å². The quantitative estimate of drug-likeness (QED) is 0.717. The summed E-state index contributed by atoms with van der Waals surface area (Å²) in [6.45, 7) is 10.4. The van der Waals surface area contributed by atoms with Gasteiger partial charge >= 0.3 is 6.09 Å². The molecule has 4 rings (SSSR count). The number of rotatable bonds is 4. The summed E-state index contributed by atoms with van der Waals surface area (Å²) in [5.74, 6) is 1.27. The first-order valence-electron chi connectivity index (χ1n) is 11.9. The Labute approximate surface area is 200 Å². The average molecular weight is 474 g/mol. The van der Waals surface area contributed by atoms with Gasteiger partial charge < -0.3 is 19.6 Å². The lowest BCUT2D eigenvalue weighted by Gasteiger charge is -2.31. The summed E-state index contributed by atoms with van der Waals surface area (Å²) in [6.07, 6.45) is 2.15. The van der Waals surface area contributed by atoms with Gasteiger partial charge in [-0.3, -0.25) is 8.77 Å². The van der Waals surface area contributed by atoms with Crippen LogP contribution in [-0.2, 0) is 17.7 Å². The Bertz CT molecular complexity index is 1030. The highest BCUT2D eigenvalue weighted by Crippen LogP contribution is 2.35. The van der Waals surface area contributed by atoms with Crippen molar-refractivity contribution in [1.29, 1.82) is 0 Å². The van der Waals surface area contributed by atoms with Crippen molar-refractivity contribution in [3.8, 4) is 0 Å². The van der Waals surface area contributed by atoms with E-state index in [2.05, 4.69) is 10.9 Å². The fraction of sp³-hybridized carbons (Fsp3) is 0.600. The predicted molar refractivity (Wildman–Crippen MR) is 132 cm³/mol. The minimum absolute atomic E-state index is 0.0396. The molecule has 2 aromatic rings. The summed E-state index contributed by atoms with van der Waals surface area (Å²) in [6, 6.07) is 5.97. The number of piperidine rings is 1. The Morgan fingerprint density at radius 3 is 2.52 bits per heavy atom.